The summed E-state index contributed by atoms with van der Waals surface area (Å²) in [7, 11) is 1.85. The highest BCUT2D eigenvalue weighted by Crippen LogP contribution is 2.21. The van der Waals surface area contributed by atoms with Crippen LogP contribution in [0, 0.1) is 5.92 Å². The highest BCUT2D eigenvalue weighted by Gasteiger charge is 2.21. The molecule has 1 unspecified atom stereocenters. The van der Waals surface area contributed by atoms with Crippen molar-refractivity contribution in [2.24, 2.45) is 10.9 Å². The molecule has 0 radical (unpaired) electrons. The summed E-state index contributed by atoms with van der Waals surface area (Å²) in [4.78, 5) is 11.3. The van der Waals surface area contributed by atoms with Gasteiger partial charge in [0.1, 0.15) is 12.2 Å². The first-order chi connectivity index (χ1) is 15.3. The minimum absolute atomic E-state index is 0.359. The van der Waals surface area contributed by atoms with Crippen molar-refractivity contribution in [3.63, 3.8) is 0 Å². The van der Waals surface area contributed by atoms with Crippen LogP contribution in [0.25, 0.3) is 0 Å². The van der Waals surface area contributed by atoms with Crippen molar-refractivity contribution in [2.45, 2.75) is 57.5 Å². The van der Waals surface area contributed by atoms with E-state index in [9.17, 15) is 0 Å². The lowest BCUT2D eigenvalue weighted by atomic mass is 9.90. The number of benzene rings is 1. The highest BCUT2D eigenvalue weighted by molar-refractivity contribution is 5.79. The number of aromatic nitrogens is 3. The third kappa shape index (κ3) is 6.53. The Hall–Kier alpha value is -2.41. The number of nitrogens with zero attached hydrogens (tertiary/aromatic N) is 5. The third-order valence-electron chi connectivity index (χ3n) is 6.64. The molecule has 1 aromatic heterocycles. The number of rotatable bonds is 8. The van der Waals surface area contributed by atoms with Crippen molar-refractivity contribution < 1.29 is 0 Å². The minimum atomic E-state index is 0.359. The Balaban J connectivity index is 1.07. The summed E-state index contributed by atoms with van der Waals surface area (Å²) in [6, 6.07) is 11.3. The van der Waals surface area contributed by atoms with E-state index in [-0.39, 0.29) is 0 Å². The zero-order chi connectivity index (χ0) is 21.3. The van der Waals surface area contributed by atoms with Crippen LogP contribution in [0.1, 0.15) is 43.5 Å². The first-order valence-electron chi connectivity index (χ1n) is 11.9. The third-order valence-corrected chi connectivity index (χ3v) is 6.64. The maximum atomic E-state index is 4.39. The number of hydrogen-bond acceptors (Lipinski definition) is 4. The summed E-state index contributed by atoms with van der Waals surface area (Å²) in [5, 5.41) is 11.3. The molecular formula is C24H37N7. The van der Waals surface area contributed by atoms with E-state index in [1.165, 1.54) is 57.3 Å². The summed E-state index contributed by atoms with van der Waals surface area (Å²) in [6.45, 7) is 5.53. The van der Waals surface area contributed by atoms with Gasteiger partial charge in [-0.15, -0.1) is 0 Å². The van der Waals surface area contributed by atoms with Gasteiger partial charge in [-0.1, -0.05) is 30.3 Å². The first-order valence-corrected chi connectivity index (χ1v) is 11.9. The van der Waals surface area contributed by atoms with Crippen LogP contribution in [0.3, 0.4) is 0 Å². The predicted octanol–water partition coefficient (Wildman–Crippen LogP) is 2.49. The number of aryl methyl sites for hydroxylation is 1. The summed E-state index contributed by atoms with van der Waals surface area (Å²) in [6.07, 6.45) is 10.00. The van der Waals surface area contributed by atoms with Gasteiger partial charge in [0, 0.05) is 26.1 Å². The van der Waals surface area contributed by atoms with Gasteiger partial charge in [0.25, 0.3) is 0 Å². The SMILES string of the molecule is CN=C(NCCCCN1CCC(Cc2ccccc2)CC1)NC1CCc2ncnn2C1. The van der Waals surface area contributed by atoms with Gasteiger partial charge in [-0.2, -0.15) is 5.10 Å². The van der Waals surface area contributed by atoms with Gasteiger partial charge in [-0.3, -0.25) is 4.99 Å². The monoisotopic (exact) mass is 423 g/mol. The van der Waals surface area contributed by atoms with Crippen molar-refractivity contribution in [1.29, 1.82) is 0 Å². The normalized spacial score (nSPS) is 20.4. The molecule has 0 saturated carbocycles. The Kier molecular flexibility index (Phi) is 7.93. The van der Waals surface area contributed by atoms with Crippen LogP contribution in [-0.4, -0.2) is 64.9 Å². The number of aliphatic imine (C=N–C) groups is 1. The molecule has 7 heteroatoms. The lowest BCUT2D eigenvalue weighted by Crippen LogP contribution is -2.47. The molecule has 1 saturated heterocycles. The van der Waals surface area contributed by atoms with Gasteiger partial charge in [-0.05, 0) is 69.6 Å². The summed E-state index contributed by atoms with van der Waals surface area (Å²) >= 11 is 0. The van der Waals surface area contributed by atoms with E-state index in [1.54, 1.807) is 6.33 Å². The van der Waals surface area contributed by atoms with Crippen molar-refractivity contribution in [3.8, 4) is 0 Å². The Morgan fingerprint density at radius 2 is 1.97 bits per heavy atom. The molecule has 0 aliphatic carbocycles. The second-order valence-corrected chi connectivity index (χ2v) is 8.92. The molecule has 1 atom stereocenters. The Morgan fingerprint density at radius 1 is 1.13 bits per heavy atom. The molecule has 168 valence electrons. The zero-order valence-corrected chi connectivity index (χ0v) is 18.8. The van der Waals surface area contributed by atoms with Crippen LogP contribution in [-0.2, 0) is 19.4 Å². The Bertz CT molecular complexity index is 808. The molecule has 0 spiro atoms. The van der Waals surface area contributed by atoms with Crippen molar-refractivity contribution in [2.75, 3.05) is 33.2 Å². The maximum absolute atomic E-state index is 4.39. The van der Waals surface area contributed by atoms with Gasteiger partial charge in [0.05, 0.1) is 6.54 Å². The van der Waals surface area contributed by atoms with Crippen LogP contribution in [0.2, 0.25) is 0 Å². The standard InChI is InChI=1S/C24H37N7/c1-25-24(29-22-9-10-23-27-19-28-31(23)18-22)26-13-5-6-14-30-15-11-21(12-16-30)17-20-7-3-2-4-8-20/h2-4,7-8,19,21-22H,5-6,9-18H2,1H3,(H2,25,26,29). The summed E-state index contributed by atoms with van der Waals surface area (Å²) < 4.78 is 2.00. The molecule has 0 bridgehead atoms. The van der Waals surface area contributed by atoms with Crippen molar-refractivity contribution >= 4 is 5.96 Å². The van der Waals surface area contributed by atoms with Crippen LogP contribution in [0.15, 0.2) is 41.7 Å². The average Bonchev–Trinajstić information content (AvgIpc) is 3.28. The number of fused-ring (bicyclic) bond motifs is 1. The van der Waals surface area contributed by atoms with Crippen molar-refractivity contribution in [1.82, 2.24) is 30.3 Å². The lowest BCUT2D eigenvalue weighted by Gasteiger charge is -2.32. The molecule has 7 nitrogen and oxygen atoms in total. The minimum Gasteiger partial charge on any atom is -0.356 e. The quantitative estimate of drug-likeness (QED) is 0.388. The molecule has 2 aliphatic rings. The van der Waals surface area contributed by atoms with E-state index in [1.807, 2.05) is 11.7 Å². The molecule has 4 rings (SSSR count). The fourth-order valence-electron chi connectivity index (χ4n) is 4.77. The first kappa shape index (κ1) is 21.8. The largest absolute Gasteiger partial charge is 0.356 e. The molecule has 0 amide bonds. The van der Waals surface area contributed by atoms with E-state index in [2.05, 4.69) is 60.9 Å². The number of nitrogens with one attached hydrogen (secondary N) is 2. The number of guanidine groups is 1. The van der Waals surface area contributed by atoms with Gasteiger partial charge in [0.15, 0.2) is 5.96 Å². The molecule has 1 aromatic carbocycles. The molecule has 2 aliphatic heterocycles. The van der Waals surface area contributed by atoms with Crippen LogP contribution >= 0.6 is 0 Å². The number of hydrogen-bond donors (Lipinski definition) is 2. The second kappa shape index (κ2) is 11.3. The molecular weight excluding hydrogens is 386 g/mol. The van der Waals surface area contributed by atoms with E-state index >= 15 is 0 Å². The van der Waals surface area contributed by atoms with Gasteiger partial charge in [-0.25, -0.2) is 9.67 Å². The Labute approximate surface area is 186 Å². The number of likely N-dealkylation sites (tertiary alicyclic amines) is 1. The van der Waals surface area contributed by atoms with Gasteiger partial charge >= 0.3 is 0 Å². The maximum Gasteiger partial charge on any atom is 0.191 e. The van der Waals surface area contributed by atoms with E-state index < -0.39 is 0 Å². The summed E-state index contributed by atoms with van der Waals surface area (Å²) in [5.41, 5.74) is 1.49. The molecule has 3 heterocycles. The smallest absolute Gasteiger partial charge is 0.191 e. The fraction of sp³-hybridized carbons (Fsp3) is 0.625. The van der Waals surface area contributed by atoms with E-state index in [0.717, 1.165) is 43.6 Å². The molecule has 2 N–H and O–H groups in total. The number of unbranched alkanes of at least 4 members (excludes halogenated alkanes) is 1. The van der Waals surface area contributed by atoms with Gasteiger partial charge < -0.3 is 15.5 Å². The van der Waals surface area contributed by atoms with Crippen LogP contribution in [0.4, 0.5) is 0 Å². The topological polar surface area (TPSA) is 70.4 Å². The predicted molar refractivity (Wildman–Crippen MR) is 125 cm³/mol. The average molecular weight is 424 g/mol. The van der Waals surface area contributed by atoms with Crippen LogP contribution in [0.5, 0.6) is 0 Å². The Morgan fingerprint density at radius 3 is 2.77 bits per heavy atom. The molecule has 31 heavy (non-hydrogen) atoms. The van der Waals surface area contributed by atoms with Crippen LogP contribution < -0.4 is 10.6 Å². The second-order valence-electron chi connectivity index (χ2n) is 8.92. The molecule has 2 aromatic rings. The lowest BCUT2D eigenvalue weighted by molar-refractivity contribution is 0.181. The molecule has 1 fully saturated rings. The van der Waals surface area contributed by atoms with E-state index in [0.29, 0.717) is 6.04 Å². The highest BCUT2D eigenvalue weighted by atomic mass is 15.4. The van der Waals surface area contributed by atoms with Gasteiger partial charge in [0.2, 0.25) is 0 Å². The number of piperidine rings is 1. The summed E-state index contributed by atoms with van der Waals surface area (Å²) in [5.74, 6) is 2.84. The fourth-order valence-corrected chi connectivity index (χ4v) is 4.77. The zero-order valence-electron chi connectivity index (χ0n) is 18.8. The van der Waals surface area contributed by atoms with E-state index in [4.69, 9.17) is 0 Å². The van der Waals surface area contributed by atoms with Crippen molar-refractivity contribution in [3.05, 3.63) is 48.0 Å².